The minimum atomic E-state index is -2.76. The summed E-state index contributed by atoms with van der Waals surface area (Å²) in [4.78, 5) is 2.36. The van der Waals surface area contributed by atoms with Crippen LogP contribution in [0.4, 0.5) is 8.78 Å². The number of likely N-dealkylation sites (tertiary alicyclic amines) is 1. The van der Waals surface area contributed by atoms with Crippen LogP contribution in [0.25, 0.3) is 11.3 Å². The Morgan fingerprint density at radius 2 is 1.73 bits per heavy atom. The second-order valence-corrected chi connectivity index (χ2v) is 7.94. The highest BCUT2D eigenvalue weighted by molar-refractivity contribution is 7.99. The topological polar surface area (TPSA) is 77.0 Å². The first-order chi connectivity index (χ1) is 14.7. The van der Waals surface area contributed by atoms with Gasteiger partial charge in [-0.2, -0.15) is 9.61 Å². The third-order valence-corrected chi connectivity index (χ3v) is 5.81. The predicted molar refractivity (Wildman–Crippen MR) is 106 cm³/mol. The van der Waals surface area contributed by atoms with Crippen molar-refractivity contribution in [3.8, 4) is 5.69 Å². The second-order valence-electron chi connectivity index (χ2n) is 6.96. The molecule has 0 atom stereocenters. The molecule has 4 aromatic rings. The fourth-order valence-corrected chi connectivity index (χ4v) is 4.35. The number of halogens is 2. The molecule has 1 aromatic carbocycles. The van der Waals surface area contributed by atoms with Gasteiger partial charge >= 0.3 is 0 Å². The summed E-state index contributed by atoms with van der Waals surface area (Å²) in [5, 5.41) is 21.5. The van der Waals surface area contributed by atoms with E-state index in [1.165, 1.54) is 24.6 Å². The van der Waals surface area contributed by atoms with Crippen molar-refractivity contribution in [2.75, 3.05) is 13.1 Å². The lowest BCUT2D eigenvalue weighted by atomic mass is 10.3. The molecule has 154 valence electrons. The summed E-state index contributed by atoms with van der Waals surface area (Å²) in [6.07, 6.45) is -0.375. The van der Waals surface area contributed by atoms with Crippen LogP contribution < -0.4 is 0 Å². The molecule has 5 rings (SSSR count). The average Bonchev–Trinajstić information content (AvgIpc) is 3.49. The van der Waals surface area contributed by atoms with Crippen molar-refractivity contribution >= 4 is 17.4 Å². The van der Waals surface area contributed by atoms with Gasteiger partial charge in [-0.1, -0.05) is 18.2 Å². The number of para-hydroxylation sites is 1. The lowest BCUT2D eigenvalue weighted by Crippen LogP contribution is -2.21. The van der Waals surface area contributed by atoms with E-state index in [0.29, 0.717) is 16.7 Å². The van der Waals surface area contributed by atoms with Crippen LogP contribution in [0.5, 0.6) is 0 Å². The highest BCUT2D eigenvalue weighted by Gasteiger charge is 2.21. The predicted octanol–water partition coefficient (Wildman–Crippen LogP) is 3.39. The number of hydrogen-bond acceptors (Lipinski definition) is 7. The van der Waals surface area contributed by atoms with Gasteiger partial charge < -0.3 is 0 Å². The van der Waals surface area contributed by atoms with Gasteiger partial charge in [-0.15, -0.1) is 20.4 Å². The van der Waals surface area contributed by atoms with Crippen LogP contribution in [0.1, 0.15) is 30.9 Å². The van der Waals surface area contributed by atoms with Gasteiger partial charge in [0.15, 0.2) is 11.5 Å². The Morgan fingerprint density at radius 1 is 0.933 bits per heavy atom. The Hall–Kier alpha value is -2.92. The molecule has 11 heteroatoms. The van der Waals surface area contributed by atoms with E-state index in [4.69, 9.17) is 0 Å². The normalized spacial score (nSPS) is 14.9. The van der Waals surface area contributed by atoms with Crippen LogP contribution in [0.2, 0.25) is 0 Å². The quantitative estimate of drug-likeness (QED) is 0.466. The molecule has 1 aliphatic heterocycles. The monoisotopic (exact) mass is 428 g/mol. The number of benzene rings is 1. The SMILES string of the molecule is FC(F)c1nnc2ccc(Sc3nnc(CN4CCCC4)n3-c3ccccc3)nn12. The van der Waals surface area contributed by atoms with E-state index in [1.54, 1.807) is 12.1 Å². The minimum Gasteiger partial charge on any atom is -0.296 e. The van der Waals surface area contributed by atoms with Gasteiger partial charge in [0, 0.05) is 5.69 Å². The smallest absolute Gasteiger partial charge is 0.296 e. The molecule has 0 saturated carbocycles. The van der Waals surface area contributed by atoms with Crippen molar-refractivity contribution in [1.29, 1.82) is 0 Å². The van der Waals surface area contributed by atoms with Gasteiger partial charge in [0.25, 0.3) is 6.43 Å². The van der Waals surface area contributed by atoms with E-state index < -0.39 is 12.2 Å². The van der Waals surface area contributed by atoms with Crippen molar-refractivity contribution < 1.29 is 8.78 Å². The maximum atomic E-state index is 13.2. The Morgan fingerprint density at radius 3 is 2.50 bits per heavy atom. The van der Waals surface area contributed by atoms with Crippen LogP contribution in [-0.4, -0.2) is 52.6 Å². The highest BCUT2D eigenvalue weighted by atomic mass is 32.2. The molecule has 30 heavy (non-hydrogen) atoms. The minimum absolute atomic E-state index is 0.272. The van der Waals surface area contributed by atoms with Crippen molar-refractivity contribution in [2.24, 2.45) is 0 Å². The molecule has 1 saturated heterocycles. The van der Waals surface area contributed by atoms with Gasteiger partial charge in [0.1, 0.15) is 5.03 Å². The zero-order valence-corrected chi connectivity index (χ0v) is 16.7. The van der Waals surface area contributed by atoms with Crippen molar-refractivity contribution in [2.45, 2.75) is 36.0 Å². The van der Waals surface area contributed by atoms with Crippen LogP contribution in [0, 0.1) is 0 Å². The number of hydrogen-bond donors (Lipinski definition) is 0. The van der Waals surface area contributed by atoms with Gasteiger partial charge in [-0.25, -0.2) is 8.78 Å². The van der Waals surface area contributed by atoms with Gasteiger partial charge in [-0.05, 0) is 62.0 Å². The highest BCUT2D eigenvalue weighted by Crippen LogP contribution is 2.29. The molecule has 0 radical (unpaired) electrons. The van der Waals surface area contributed by atoms with E-state index in [2.05, 4.69) is 30.4 Å². The van der Waals surface area contributed by atoms with E-state index in [-0.39, 0.29) is 5.65 Å². The number of alkyl halides is 2. The van der Waals surface area contributed by atoms with E-state index in [0.717, 1.165) is 29.1 Å². The zero-order chi connectivity index (χ0) is 20.5. The van der Waals surface area contributed by atoms with E-state index >= 15 is 0 Å². The molecule has 0 spiro atoms. The van der Waals surface area contributed by atoms with Gasteiger partial charge in [-0.3, -0.25) is 9.47 Å². The molecule has 4 heterocycles. The third-order valence-electron chi connectivity index (χ3n) is 4.93. The zero-order valence-electron chi connectivity index (χ0n) is 15.9. The first-order valence-corrected chi connectivity index (χ1v) is 10.4. The average molecular weight is 428 g/mol. The Kier molecular flexibility index (Phi) is 5.13. The maximum Gasteiger partial charge on any atom is 0.299 e. The van der Waals surface area contributed by atoms with Crippen LogP contribution in [0.3, 0.4) is 0 Å². The van der Waals surface area contributed by atoms with Gasteiger partial charge in [0.2, 0.25) is 11.0 Å². The first kappa shape index (κ1) is 19.1. The molecule has 0 unspecified atom stereocenters. The van der Waals surface area contributed by atoms with E-state index in [1.807, 2.05) is 34.9 Å². The summed E-state index contributed by atoms with van der Waals surface area (Å²) in [6.45, 7) is 2.80. The van der Waals surface area contributed by atoms with Crippen molar-refractivity contribution in [3.05, 3.63) is 54.1 Å². The van der Waals surface area contributed by atoms with Gasteiger partial charge in [0.05, 0.1) is 6.54 Å². The lowest BCUT2D eigenvalue weighted by Gasteiger charge is -2.15. The summed E-state index contributed by atoms with van der Waals surface area (Å²) in [7, 11) is 0. The fourth-order valence-electron chi connectivity index (χ4n) is 3.52. The molecule has 0 bridgehead atoms. The van der Waals surface area contributed by atoms with Crippen LogP contribution in [-0.2, 0) is 6.54 Å². The standard InChI is InChI=1S/C19H18F2N8S/c20-17(21)18-24-22-14-8-9-16(26-29(14)18)30-19-25-23-15(12-27-10-4-5-11-27)28(19)13-6-2-1-3-7-13/h1-3,6-9,17H,4-5,10-12H2. The lowest BCUT2D eigenvalue weighted by molar-refractivity contribution is 0.137. The summed E-state index contributed by atoms with van der Waals surface area (Å²) in [5.41, 5.74) is 1.21. The number of nitrogens with zero attached hydrogens (tertiary/aromatic N) is 8. The fraction of sp³-hybridized carbons (Fsp3) is 0.316. The summed E-state index contributed by atoms with van der Waals surface area (Å²) < 4.78 is 29.4. The molecule has 0 N–H and O–H groups in total. The molecular formula is C19H18F2N8S. The number of rotatable bonds is 6. The van der Waals surface area contributed by atoms with E-state index in [9.17, 15) is 8.78 Å². The Labute approximate surface area is 174 Å². The summed E-state index contributed by atoms with van der Waals surface area (Å²) >= 11 is 1.26. The summed E-state index contributed by atoms with van der Waals surface area (Å²) in [5.74, 6) is 0.357. The molecule has 0 amide bonds. The number of aromatic nitrogens is 7. The molecule has 8 nitrogen and oxygen atoms in total. The molecule has 3 aromatic heterocycles. The van der Waals surface area contributed by atoms with Crippen molar-refractivity contribution in [3.63, 3.8) is 0 Å². The third kappa shape index (κ3) is 3.65. The largest absolute Gasteiger partial charge is 0.299 e. The molecule has 1 fully saturated rings. The van der Waals surface area contributed by atoms with Crippen molar-refractivity contribution in [1.82, 2.24) is 39.5 Å². The second kappa shape index (κ2) is 8.07. The number of fused-ring (bicyclic) bond motifs is 1. The Bertz CT molecular complexity index is 1150. The van der Waals surface area contributed by atoms with Crippen LogP contribution >= 0.6 is 11.8 Å². The first-order valence-electron chi connectivity index (χ1n) is 9.59. The maximum absolute atomic E-state index is 13.2. The van der Waals surface area contributed by atoms with Crippen LogP contribution in [0.15, 0.2) is 52.6 Å². The molecular weight excluding hydrogens is 410 g/mol. The Balaban J connectivity index is 1.51. The summed E-state index contributed by atoms with van der Waals surface area (Å²) in [6, 6.07) is 13.2. The molecule has 0 aliphatic carbocycles. The molecule has 1 aliphatic rings.